The molecule has 2 fully saturated rings. The van der Waals surface area contributed by atoms with Crippen molar-refractivity contribution in [2.45, 2.75) is 64.6 Å². The van der Waals surface area contributed by atoms with E-state index in [-0.39, 0.29) is 11.7 Å². The fourth-order valence-electron chi connectivity index (χ4n) is 3.32. The first-order valence-electron chi connectivity index (χ1n) is 9.42. The second kappa shape index (κ2) is 7.54. The van der Waals surface area contributed by atoms with Crippen LogP contribution in [0.25, 0.3) is 5.70 Å². The van der Waals surface area contributed by atoms with E-state index in [0.717, 1.165) is 41.8 Å². The van der Waals surface area contributed by atoms with Gasteiger partial charge in [-0.25, -0.2) is 0 Å². The molecule has 0 amide bonds. The van der Waals surface area contributed by atoms with Gasteiger partial charge in [0.2, 0.25) is 0 Å². The number of hydrogen-bond acceptors (Lipinski definition) is 3. The molecular weight excluding hydrogens is 308 g/mol. The largest absolute Gasteiger partial charge is 0.397 e. The quantitative estimate of drug-likeness (QED) is 0.817. The summed E-state index contributed by atoms with van der Waals surface area (Å²) >= 11 is 0. The van der Waals surface area contributed by atoms with Gasteiger partial charge in [0.25, 0.3) is 0 Å². The lowest BCUT2D eigenvalue weighted by molar-refractivity contribution is -0.103. The maximum absolute atomic E-state index is 6.27. The van der Waals surface area contributed by atoms with Crippen LogP contribution >= 0.6 is 0 Å². The van der Waals surface area contributed by atoms with Crippen molar-refractivity contribution in [1.82, 2.24) is 5.32 Å². The average Bonchev–Trinajstić information content (AvgIpc) is 3.36. The molecule has 0 aromatic heterocycles. The third-order valence-electron chi connectivity index (χ3n) is 4.93. The van der Waals surface area contributed by atoms with E-state index in [1.165, 1.54) is 19.3 Å². The predicted molar refractivity (Wildman–Crippen MR) is 104 cm³/mol. The zero-order valence-corrected chi connectivity index (χ0v) is 15.7. The molecule has 1 saturated heterocycles. The molecule has 1 aromatic carbocycles. The summed E-state index contributed by atoms with van der Waals surface area (Å²) in [6.07, 6.45) is 8.15. The number of nitrogens with two attached hydrogens (primary N) is 1. The molecule has 2 aliphatic rings. The Labute approximate surface area is 152 Å². The molecule has 3 N–H and O–H groups in total. The lowest BCUT2D eigenvalue weighted by Gasteiger charge is -2.36. The van der Waals surface area contributed by atoms with E-state index in [9.17, 15) is 0 Å². The summed E-state index contributed by atoms with van der Waals surface area (Å²) in [6.45, 7) is 7.22. The van der Waals surface area contributed by atoms with E-state index in [4.69, 9.17) is 10.5 Å². The molecule has 134 valence electrons. The summed E-state index contributed by atoms with van der Waals surface area (Å²) in [5, 5.41) is 3.34. The van der Waals surface area contributed by atoms with Crippen molar-refractivity contribution < 1.29 is 4.74 Å². The van der Waals surface area contributed by atoms with E-state index >= 15 is 0 Å². The Morgan fingerprint density at radius 2 is 2.16 bits per heavy atom. The van der Waals surface area contributed by atoms with Gasteiger partial charge in [0.1, 0.15) is 0 Å². The fraction of sp³-hybridized carbons (Fsp3) is 0.545. The van der Waals surface area contributed by atoms with E-state index in [1.54, 1.807) is 0 Å². The van der Waals surface area contributed by atoms with Crippen LogP contribution in [0, 0.1) is 24.7 Å². The average molecular weight is 338 g/mol. The lowest BCUT2D eigenvalue weighted by Crippen LogP contribution is -2.39. The van der Waals surface area contributed by atoms with Gasteiger partial charge in [-0.1, -0.05) is 17.9 Å². The minimum Gasteiger partial charge on any atom is -0.397 e. The summed E-state index contributed by atoms with van der Waals surface area (Å²) in [6, 6.07) is 6.25. The van der Waals surface area contributed by atoms with E-state index < -0.39 is 0 Å². The van der Waals surface area contributed by atoms with Gasteiger partial charge in [0, 0.05) is 29.8 Å². The summed E-state index contributed by atoms with van der Waals surface area (Å²) < 4.78 is 6.10. The smallest absolute Gasteiger partial charge is 0.0754 e. The minimum atomic E-state index is -0.00617. The van der Waals surface area contributed by atoms with Crippen LogP contribution in [-0.4, -0.2) is 18.2 Å². The van der Waals surface area contributed by atoms with Crippen LogP contribution in [-0.2, 0) is 4.74 Å². The van der Waals surface area contributed by atoms with E-state index in [0.29, 0.717) is 5.92 Å². The molecule has 1 atom stereocenters. The predicted octanol–water partition coefficient (Wildman–Crippen LogP) is 3.95. The van der Waals surface area contributed by atoms with Gasteiger partial charge in [0.05, 0.1) is 17.4 Å². The van der Waals surface area contributed by atoms with Gasteiger partial charge in [-0.3, -0.25) is 0 Å². The SMILES string of the molecule is Cc1cc(C#CC2CC2)ccc1/C(N)=C/NCC1CCCC(C)(C)O1. The number of ether oxygens (including phenoxy) is 1. The number of benzene rings is 1. The lowest BCUT2D eigenvalue weighted by atomic mass is 9.95. The first-order valence-corrected chi connectivity index (χ1v) is 9.42. The Bertz CT molecular complexity index is 704. The van der Waals surface area contributed by atoms with Crippen LogP contribution in [0.2, 0.25) is 0 Å². The third kappa shape index (κ3) is 5.28. The third-order valence-corrected chi connectivity index (χ3v) is 4.93. The molecule has 3 heteroatoms. The molecule has 25 heavy (non-hydrogen) atoms. The summed E-state index contributed by atoms with van der Waals surface area (Å²) in [4.78, 5) is 0. The van der Waals surface area contributed by atoms with E-state index in [2.05, 4.69) is 56.1 Å². The molecule has 1 saturated carbocycles. The molecule has 0 radical (unpaired) electrons. The number of aryl methyl sites for hydroxylation is 1. The van der Waals surface area contributed by atoms with Crippen molar-refractivity contribution in [2.24, 2.45) is 11.7 Å². The van der Waals surface area contributed by atoms with Crippen molar-refractivity contribution >= 4 is 5.70 Å². The standard InChI is InChI=1S/C22H30N2O/c1-16-13-18(9-8-17-6-7-17)10-11-20(16)21(23)15-24-14-19-5-4-12-22(2,3)25-19/h10-11,13,15,17,19,24H,4-7,12,14,23H2,1-3H3/b21-15-. The summed E-state index contributed by atoms with van der Waals surface area (Å²) in [5.41, 5.74) is 10.3. The molecule has 1 unspecified atom stereocenters. The maximum atomic E-state index is 6.27. The van der Waals surface area contributed by atoms with Crippen molar-refractivity contribution in [2.75, 3.05) is 6.54 Å². The summed E-state index contributed by atoms with van der Waals surface area (Å²) in [7, 11) is 0. The van der Waals surface area contributed by atoms with Crippen molar-refractivity contribution in [1.29, 1.82) is 0 Å². The first kappa shape index (κ1) is 17.9. The highest BCUT2D eigenvalue weighted by molar-refractivity contribution is 5.66. The van der Waals surface area contributed by atoms with Crippen LogP contribution in [0.4, 0.5) is 0 Å². The number of hydrogen-bond donors (Lipinski definition) is 2. The molecular formula is C22H30N2O. The molecule has 3 rings (SSSR count). The van der Waals surface area contributed by atoms with Crippen LogP contribution in [0.5, 0.6) is 0 Å². The van der Waals surface area contributed by atoms with Gasteiger partial charge in [-0.2, -0.15) is 0 Å². The Morgan fingerprint density at radius 1 is 1.36 bits per heavy atom. The van der Waals surface area contributed by atoms with E-state index in [1.807, 2.05) is 6.20 Å². The zero-order chi connectivity index (χ0) is 17.9. The van der Waals surface area contributed by atoms with Crippen molar-refractivity contribution in [3.05, 3.63) is 41.1 Å². The van der Waals surface area contributed by atoms with Crippen molar-refractivity contribution in [3.8, 4) is 11.8 Å². The molecule has 1 aliphatic heterocycles. The Hall–Kier alpha value is -1.92. The van der Waals surface area contributed by atoms with Crippen LogP contribution in [0.1, 0.15) is 62.6 Å². The number of nitrogens with one attached hydrogen (secondary N) is 1. The summed E-state index contributed by atoms with van der Waals surface area (Å²) in [5.74, 6) is 7.19. The van der Waals surface area contributed by atoms with Crippen LogP contribution in [0.15, 0.2) is 24.4 Å². The normalized spacial score (nSPS) is 22.8. The molecule has 3 nitrogen and oxygen atoms in total. The second-order valence-corrected chi connectivity index (χ2v) is 7.97. The Balaban J connectivity index is 1.57. The van der Waals surface area contributed by atoms with Gasteiger partial charge >= 0.3 is 0 Å². The van der Waals surface area contributed by atoms with Gasteiger partial charge < -0.3 is 15.8 Å². The topological polar surface area (TPSA) is 47.3 Å². The number of rotatable bonds is 4. The minimum absolute atomic E-state index is 0.00617. The highest BCUT2D eigenvalue weighted by Crippen LogP contribution is 2.28. The molecule has 0 bridgehead atoms. The highest BCUT2D eigenvalue weighted by Gasteiger charge is 2.27. The maximum Gasteiger partial charge on any atom is 0.0754 e. The Morgan fingerprint density at radius 3 is 2.84 bits per heavy atom. The van der Waals surface area contributed by atoms with Crippen LogP contribution < -0.4 is 11.1 Å². The van der Waals surface area contributed by atoms with Gasteiger partial charge in [-0.05, 0) is 70.6 Å². The zero-order valence-electron chi connectivity index (χ0n) is 15.7. The van der Waals surface area contributed by atoms with Gasteiger partial charge in [0.15, 0.2) is 0 Å². The molecule has 1 aromatic rings. The van der Waals surface area contributed by atoms with Crippen LogP contribution in [0.3, 0.4) is 0 Å². The first-order chi connectivity index (χ1) is 11.9. The van der Waals surface area contributed by atoms with Gasteiger partial charge in [-0.15, -0.1) is 0 Å². The molecule has 1 heterocycles. The highest BCUT2D eigenvalue weighted by atomic mass is 16.5. The Kier molecular flexibility index (Phi) is 5.39. The molecule has 0 spiro atoms. The second-order valence-electron chi connectivity index (χ2n) is 7.97. The van der Waals surface area contributed by atoms with Crippen molar-refractivity contribution in [3.63, 3.8) is 0 Å². The fourth-order valence-corrected chi connectivity index (χ4v) is 3.32. The monoisotopic (exact) mass is 338 g/mol. The molecule has 1 aliphatic carbocycles.